The Morgan fingerprint density at radius 3 is 1.42 bits per heavy atom. The van der Waals surface area contributed by atoms with Gasteiger partial charge in [-0.15, -0.1) is 11.3 Å². The van der Waals surface area contributed by atoms with Crippen LogP contribution in [0.1, 0.15) is 0 Å². The first-order valence-corrected chi connectivity index (χ1v) is 20.9. The van der Waals surface area contributed by atoms with Crippen LogP contribution >= 0.6 is 11.3 Å². The zero-order valence-corrected chi connectivity index (χ0v) is 32.9. The summed E-state index contributed by atoms with van der Waals surface area (Å²) >= 11 is 1.82. The Morgan fingerprint density at radius 1 is 0.350 bits per heavy atom. The third-order valence-electron chi connectivity index (χ3n) is 11.9. The summed E-state index contributed by atoms with van der Waals surface area (Å²) in [5.74, 6) is 1.90. The number of thiophene rings is 1. The Hall–Kier alpha value is -7.80. The van der Waals surface area contributed by atoms with Crippen LogP contribution in [0.15, 0.2) is 188 Å². The van der Waals surface area contributed by atoms with Crippen LogP contribution in [-0.2, 0) is 0 Å². The topological polar surface area (TPSA) is 56.0 Å². The van der Waals surface area contributed by atoms with Crippen molar-refractivity contribution in [2.24, 2.45) is 0 Å². The average Bonchev–Trinajstić information content (AvgIpc) is 3.87. The molecule has 0 aliphatic carbocycles. The van der Waals surface area contributed by atoms with Gasteiger partial charge in [-0.2, -0.15) is 0 Å². The van der Waals surface area contributed by atoms with Crippen LogP contribution in [0.3, 0.4) is 0 Å². The van der Waals surface area contributed by atoms with Crippen LogP contribution in [0, 0.1) is 0 Å². The van der Waals surface area contributed by atoms with E-state index in [4.69, 9.17) is 19.9 Å². The second-order valence-corrected chi connectivity index (χ2v) is 16.6. The Balaban J connectivity index is 1.01. The highest BCUT2D eigenvalue weighted by molar-refractivity contribution is 7.26. The minimum atomic E-state index is 0.624. The Bertz CT molecular complexity index is 3800. The fourth-order valence-corrected chi connectivity index (χ4v) is 10.1. The molecule has 4 aromatic heterocycles. The van der Waals surface area contributed by atoms with E-state index in [1.54, 1.807) is 0 Å². The molecule has 9 aromatic carbocycles. The molecule has 6 heteroatoms. The van der Waals surface area contributed by atoms with E-state index < -0.39 is 0 Å². The van der Waals surface area contributed by atoms with Gasteiger partial charge >= 0.3 is 0 Å². The first kappa shape index (κ1) is 33.2. The Morgan fingerprint density at radius 2 is 0.817 bits per heavy atom. The van der Waals surface area contributed by atoms with Crippen molar-refractivity contribution in [1.82, 2.24) is 24.3 Å². The van der Waals surface area contributed by atoms with Crippen molar-refractivity contribution in [3.05, 3.63) is 188 Å². The predicted molar refractivity (Wildman–Crippen MR) is 251 cm³/mol. The number of nitrogens with zero attached hydrogens (tertiary/aromatic N) is 5. The van der Waals surface area contributed by atoms with Gasteiger partial charge in [0.1, 0.15) is 0 Å². The van der Waals surface area contributed by atoms with Gasteiger partial charge in [-0.25, -0.2) is 19.9 Å². The molecule has 0 fully saturated rings. The van der Waals surface area contributed by atoms with E-state index in [0.29, 0.717) is 17.5 Å². The quantitative estimate of drug-likeness (QED) is 0.178. The summed E-state index contributed by atoms with van der Waals surface area (Å²) in [6.45, 7) is 0. The summed E-state index contributed by atoms with van der Waals surface area (Å²) in [5.41, 5.74) is 8.01. The van der Waals surface area contributed by atoms with Gasteiger partial charge in [-0.1, -0.05) is 146 Å². The van der Waals surface area contributed by atoms with Crippen LogP contribution in [0.5, 0.6) is 0 Å². The average molecular weight is 782 g/mol. The molecule has 0 aliphatic heterocycles. The molecule has 13 aromatic rings. The molecule has 278 valence electrons. The van der Waals surface area contributed by atoms with Crippen LogP contribution in [0.4, 0.5) is 0 Å². The Labute approximate surface area is 347 Å². The highest BCUT2D eigenvalue weighted by Gasteiger charge is 2.20. The smallest absolute Gasteiger partial charge is 0.164 e. The number of hydrogen-bond donors (Lipinski definition) is 0. The van der Waals surface area contributed by atoms with E-state index in [2.05, 4.69) is 192 Å². The molecule has 0 amide bonds. The molecule has 0 N–H and O–H groups in total. The van der Waals surface area contributed by atoms with E-state index in [0.717, 1.165) is 55.4 Å². The van der Waals surface area contributed by atoms with Crippen molar-refractivity contribution in [3.63, 3.8) is 0 Å². The molecule has 0 saturated heterocycles. The number of aromatic nitrogens is 5. The standard InChI is InChI=1S/C54H31N5S/c1-3-11-36-25-42(23-17-32(36)9-1)52-56-51(57-53(58-52)43-24-18-33-10-2-4-12-37(33)26-43)35-21-19-34(20-22-35)47-31-45-44-27-38-13-5-8-16-41(38)30-49(44)60-50(45)54-55-46-28-39-14-6-7-15-40(39)29-48(46)59(47)54/h1-31H. The number of benzene rings is 9. The summed E-state index contributed by atoms with van der Waals surface area (Å²) in [5, 5.41) is 12.0. The van der Waals surface area contributed by atoms with Gasteiger partial charge < -0.3 is 0 Å². The Kier molecular flexibility index (Phi) is 7.11. The maximum atomic E-state index is 5.37. The number of hydrogen-bond acceptors (Lipinski definition) is 5. The zero-order chi connectivity index (χ0) is 39.3. The van der Waals surface area contributed by atoms with E-state index in [9.17, 15) is 0 Å². The maximum Gasteiger partial charge on any atom is 0.164 e. The molecule has 13 rings (SSSR count). The lowest BCUT2D eigenvalue weighted by Crippen LogP contribution is -2.00. The molecular weight excluding hydrogens is 751 g/mol. The molecule has 5 nitrogen and oxygen atoms in total. The van der Waals surface area contributed by atoms with Crippen LogP contribution in [0.25, 0.3) is 125 Å². The van der Waals surface area contributed by atoms with Crippen molar-refractivity contribution in [1.29, 1.82) is 0 Å². The number of pyridine rings is 1. The van der Waals surface area contributed by atoms with Crippen LogP contribution in [-0.4, -0.2) is 24.3 Å². The third kappa shape index (κ3) is 5.25. The van der Waals surface area contributed by atoms with Crippen LogP contribution in [0.2, 0.25) is 0 Å². The van der Waals surface area contributed by atoms with E-state index in [1.807, 2.05) is 11.3 Å². The molecule has 60 heavy (non-hydrogen) atoms. The van der Waals surface area contributed by atoms with E-state index in [1.165, 1.54) is 52.5 Å². The summed E-state index contributed by atoms with van der Waals surface area (Å²) < 4.78 is 4.80. The molecule has 0 bridgehead atoms. The predicted octanol–water partition coefficient (Wildman–Crippen LogP) is 14.3. The van der Waals surface area contributed by atoms with Crippen molar-refractivity contribution < 1.29 is 0 Å². The molecular formula is C54H31N5S. The molecule has 0 radical (unpaired) electrons. The summed E-state index contributed by atoms with van der Waals surface area (Å²) in [4.78, 5) is 20.7. The van der Waals surface area contributed by atoms with Crippen molar-refractivity contribution in [2.75, 3.05) is 0 Å². The molecule has 0 saturated carbocycles. The zero-order valence-electron chi connectivity index (χ0n) is 32.0. The molecule has 0 unspecified atom stereocenters. The molecule has 0 spiro atoms. The van der Waals surface area contributed by atoms with Gasteiger partial charge in [0.15, 0.2) is 23.1 Å². The van der Waals surface area contributed by atoms with Gasteiger partial charge in [0.05, 0.1) is 21.4 Å². The lowest BCUT2D eigenvalue weighted by molar-refractivity contribution is 1.07. The minimum absolute atomic E-state index is 0.624. The summed E-state index contributed by atoms with van der Waals surface area (Å²) in [6.07, 6.45) is 0. The van der Waals surface area contributed by atoms with Crippen molar-refractivity contribution in [2.45, 2.75) is 0 Å². The highest BCUT2D eigenvalue weighted by Crippen LogP contribution is 2.43. The monoisotopic (exact) mass is 781 g/mol. The van der Waals surface area contributed by atoms with Gasteiger partial charge in [0, 0.05) is 32.2 Å². The fraction of sp³-hybridized carbons (Fsp3) is 0. The normalized spacial score (nSPS) is 12.0. The van der Waals surface area contributed by atoms with Gasteiger partial charge in [0.25, 0.3) is 0 Å². The van der Waals surface area contributed by atoms with Gasteiger partial charge in [-0.3, -0.25) is 4.40 Å². The second-order valence-electron chi connectivity index (χ2n) is 15.5. The van der Waals surface area contributed by atoms with Gasteiger partial charge in [0.2, 0.25) is 0 Å². The lowest BCUT2D eigenvalue weighted by Gasteiger charge is -2.12. The molecule has 0 aliphatic rings. The summed E-state index contributed by atoms with van der Waals surface area (Å²) in [7, 11) is 0. The largest absolute Gasteiger partial charge is 0.291 e. The van der Waals surface area contributed by atoms with Gasteiger partial charge in [-0.05, 0) is 91.1 Å². The second kappa shape index (κ2) is 12.9. The van der Waals surface area contributed by atoms with Crippen molar-refractivity contribution >= 4 is 91.3 Å². The first-order chi connectivity index (χ1) is 29.7. The SMILES string of the molecule is c1ccc2cc(-c3nc(-c4ccc(-c5cc6c7cc8ccccc8cc7sc6c6nc7cc8ccccc8cc7n56)cc4)nc(-c4ccc5ccccc5c4)n3)ccc2c1. The van der Waals surface area contributed by atoms with E-state index in [-0.39, 0.29) is 0 Å². The minimum Gasteiger partial charge on any atom is -0.291 e. The van der Waals surface area contributed by atoms with Crippen molar-refractivity contribution in [3.8, 4) is 45.4 Å². The number of fused-ring (bicyclic) bond motifs is 11. The molecule has 0 atom stereocenters. The molecule has 4 heterocycles. The number of imidazole rings is 1. The lowest BCUT2D eigenvalue weighted by atomic mass is 10.0. The maximum absolute atomic E-state index is 5.37. The van der Waals surface area contributed by atoms with Crippen LogP contribution < -0.4 is 0 Å². The third-order valence-corrected chi connectivity index (χ3v) is 13.1. The first-order valence-electron chi connectivity index (χ1n) is 20.1. The number of rotatable bonds is 4. The summed E-state index contributed by atoms with van der Waals surface area (Å²) in [6, 6.07) is 66.9. The fourth-order valence-electron chi connectivity index (χ4n) is 8.89. The highest BCUT2D eigenvalue weighted by atomic mass is 32.1. The van der Waals surface area contributed by atoms with E-state index >= 15 is 0 Å².